The summed E-state index contributed by atoms with van der Waals surface area (Å²) in [5, 5.41) is 22.9. The van der Waals surface area contributed by atoms with Gasteiger partial charge in [0, 0.05) is 37.1 Å². The van der Waals surface area contributed by atoms with Gasteiger partial charge < -0.3 is 15.3 Å². The maximum Gasteiger partial charge on any atom is 0.274 e. The van der Waals surface area contributed by atoms with Crippen molar-refractivity contribution in [1.29, 1.82) is 0 Å². The van der Waals surface area contributed by atoms with Crippen molar-refractivity contribution in [3.05, 3.63) is 51.9 Å². The first-order valence-electron chi connectivity index (χ1n) is 5.19. The van der Waals surface area contributed by atoms with Gasteiger partial charge in [-0.2, -0.15) is 0 Å². The van der Waals surface area contributed by atoms with Gasteiger partial charge >= 0.3 is 0 Å². The molecular formula is C10H10N5O3-. The first-order chi connectivity index (χ1) is 8.66. The van der Waals surface area contributed by atoms with Crippen molar-refractivity contribution in [1.82, 2.24) is 15.0 Å². The van der Waals surface area contributed by atoms with Gasteiger partial charge in [-0.15, -0.1) is 0 Å². The zero-order valence-electron chi connectivity index (χ0n) is 9.31. The maximum absolute atomic E-state index is 11.7. The van der Waals surface area contributed by atoms with Crippen molar-refractivity contribution in [3.63, 3.8) is 0 Å². The number of H-pyrrole nitrogens is 1. The van der Waals surface area contributed by atoms with Crippen LogP contribution in [0, 0.1) is 15.3 Å². The molecule has 94 valence electrons. The molecular weight excluding hydrogens is 238 g/mol. The number of aromatic amines is 1. The molecule has 0 saturated carbocycles. The molecule has 0 spiro atoms. The van der Waals surface area contributed by atoms with Gasteiger partial charge in [0.2, 0.25) is 0 Å². The van der Waals surface area contributed by atoms with E-state index in [0.717, 1.165) is 11.8 Å². The summed E-state index contributed by atoms with van der Waals surface area (Å²) in [6.07, 6.45) is 4.85. The third kappa shape index (κ3) is 2.80. The largest absolute Gasteiger partial charge is 0.757 e. The fourth-order valence-electron chi connectivity index (χ4n) is 1.42. The molecule has 8 heteroatoms. The number of hydrogen-bond donors (Lipinski definition) is 1. The predicted molar refractivity (Wildman–Crippen MR) is 63.9 cm³/mol. The quantitative estimate of drug-likeness (QED) is 0.629. The summed E-state index contributed by atoms with van der Waals surface area (Å²) in [5.74, 6) is 0.0312. The van der Waals surface area contributed by atoms with Crippen LogP contribution in [0.1, 0.15) is 5.69 Å². The number of nitrogens with zero attached hydrogens (tertiary/aromatic N) is 4. The summed E-state index contributed by atoms with van der Waals surface area (Å²) in [7, 11) is 0. The smallest absolute Gasteiger partial charge is 0.274 e. The Labute approximate surface area is 102 Å². The second-order valence-electron chi connectivity index (χ2n) is 3.56. The van der Waals surface area contributed by atoms with Crippen molar-refractivity contribution >= 4 is 11.5 Å². The van der Waals surface area contributed by atoms with Crippen LogP contribution in [0.4, 0.5) is 11.5 Å². The number of hydroxylamine groups is 1. The Morgan fingerprint density at radius 1 is 1.50 bits per heavy atom. The van der Waals surface area contributed by atoms with Crippen LogP contribution in [0.25, 0.3) is 0 Å². The van der Waals surface area contributed by atoms with Crippen LogP contribution in [-0.2, 0) is 6.42 Å². The van der Waals surface area contributed by atoms with E-state index in [2.05, 4.69) is 15.0 Å². The van der Waals surface area contributed by atoms with Gasteiger partial charge in [0.25, 0.3) is 5.69 Å². The molecule has 2 aromatic rings. The molecule has 0 aliphatic carbocycles. The van der Waals surface area contributed by atoms with Crippen LogP contribution in [0.5, 0.6) is 0 Å². The fraction of sp³-hybridized carbons (Fsp3) is 0.200. The molecule has 0 bridgehead atoms. The molecule has 0 fully saturated rings. The summed E-state index contributed by atoms with van der Waals surface area (Å²) in [4.78, 5) is 20.5. The van der Waals surface area contributed by atoms with Crippen LogP contribution in [0.2, 0.25) is 0 Å². The summed E-state index contributed by atoms with van der Waals surface area (Å²) < 4.78 is 0. The second kappa shape index (κ2) is 5.23. The summed E-state index contributed by atoms with van der Waals surface area (Å²) in [6, 6.07) is 2.40. The normalized spacial score (nSPS) is 10.3. The molecule has 0 aliphatic rings. The van der Waals surface area contributed by atoms with Crippen LogP contribution < -0.4 is 5.06 Å². The molecule has 8 nitrogen and oxygen atoms in total. The molecule has 2 aromatic heterocycles. The first kappa shape index (κ1) is 12.0. The van der Waals surface area contributed by atoms with E-state index in [1.54, 1.807) is 6.20 Å². The third-order valence-corrected chi connectivity index (χ3v) is 2.33. The van der Waals surface area contributed by atoms with E-state index in [1.165, 1.54) is 18.6 Å². The molecule has 18 heavy (non-hydrogen) atoms. The Morgan fingerprint density at radius 2 is 2.33 bits per heavy atom. The minimum atomic E-state index is -0.562. The lowest BCUT2D eigenvalue weighted by molar-refractivity contribution is -0.384. The number of aromatic nitrogens is 3. The number of nitro groups is 1. The maximum atomic E-state index is 11.7. The second-order valence-corrected chi connectivity index (χ2v) is 3.56. The standard InChI is InChI=1S/C10H10N5O3/c16-14(4-2-8-6-11-7-13-8)10-5-9(15(17)18)1-3-12-10/h1,3,5-7H,2,4H2,(H,11,13)/q-1. The van der Waals surface area contributed by atoms with Crippen LogP contribution in [0.15, 0.2) is 30.9 Å². The Kier molecular flexibility index (Phi) is 3.49. The highest BCUT2D eigenvalue weighted by atomic mass is 16.6. The SMILES string of the molecule is O=[N+]([O-])c1ccnc(N([O-])CCc2cnc[nH]2)c1. The topological polar surface area (TPSA) is 111 Å². The van der Waals surface area contributed by atoms with Gasteiger partial charge in [-0.3, -0.25) is 10.1 Å². The highest BCUT2D eigenvalue weighted by Gasteiger charge is 2.07. The Bertz CT molecular complexity index is 528. The molecule has 0 saturated heterocycles. The van der Waals surface area contributed by atoms with Gasteiger partial charge in [0.15, 0.2) is 0 Å². The lowest BCUT2D eigenvalue weighted by Crippen LogP contribution is -2.19. The van der Waals surface area contributed by atoms with Crippen LogP contribution in [0.3, 0.4) is 0 Å². The van der Waals surface area contributed by atoms with E-state index in [9.17, 15) is 15.3 Å². The molecule has 0 radical (unpaired) electrons. The monoisotopic (exact) mass is 248 g/mol. The molecule has 1 N–H and O–H groups in total. The molecule has 2 heterocycles. The molecule has 0 aliphatic heterocycles. The highest BCUT2D eigenvalue weighted by molar-refractivity contribution is 5.47. The van der Waals surface area contributed by atoms with Gasteiger partial charge in [-0.25, -0.2) is 9.97 Å². The molecule has 0 atom stereocenters. The predicted octanol–water partition coefficient (Wildman–Crippen LogP) is 1.26. The van der Waals surface area contributed by atoms with E-state index in [0.29, 0.717) is 11.5 Å². The summed E-state index contributed by atoms with van der Waals surface area (Å²) >= 11 is 0. The van der Waals surface area contributed by atoms with Crippen molar-refractivity contribution < 1.29 is 4.92 Å². The average molecular weight is 248 g/mol. The molecule has 2 rings (SSSR count). The van der Waals surface area contributed by atoms with Crippen molar-refractivity contribution in [3.8, 4) is 0 Å². The van der Waals surface area contributed by atoms with Crippen LogP contribution >= 0.6 is 0 Å². The molecule has 0 aromatic carbocycles. The number of hydrogen-bond acceptors (Lipinski definition) is 6. The zero-order chi connectivity index (χ0) is 13.0. The van der Waals surface area contributed by atoms with E-state index < -0.39 is 4.92 Å². The zero-order valence-corrected chi connectivity index (χ0v) is 9.31. The van der Waals surface area contributed by atoms with Crippen molar-refractivity contribution in [2.75, 3.05) is 11.6 Å². The van der Waals surface area contributed by atoms with Gasteiger partial charge in [0.05, 0.1) is 17.3 Å². The Morgan fingerprint density at radius 3 is 3.00 bits per heavy atom. The summed E-state index contributed by atoms with van der Waals surface area (Å²) in [5.41, 5.74) is 0.670. The number of imidazole rings is 1. The van der Waals surface area contributed by atoms with E-state index in [-0.39, 0.29) is 18.1 Å². The summed E-state index contributed by atoms with van der Waals surface area (Å²) in [6.45, 7) is 0.149. The van der Waals surface area contributed by atoms with Gasteiger partial charge in [-0.05, 0) is 0 Å². The number of nitrogens with one attached hydrogen (secondary N) is 1. The van der Waals surface area contributed by atoms with Crippen molar-refractivity contribution in [2.24, 2.45) is 0 Å². The lowest BCUT2D eigenvalue weighted by atomic mass is 10.3. The van der Waals surface area contributed by atoms with Gasteiger partial charge in [-0.1, -0.05) is 0 Å². The van der Waals surface area contributed by atoms with Crippen LogP contribution in [-0.4, -0.2) is 26.4 Å². The number of anilines is 1. The lowest BCUT2D eigenvalue weighted by Gasteiger charge is -2.28. The third-order valence-electron chi connectivity index (χ3n) is 2.33. The van der Waals surface area contributed by atoms with E-state index >= 15 is 0 Å². The minimum Gasteiger partial charge on any atom is -0.757 e. The number of rotatable bonds is 5. The van der Waals surface area contributed by atoms with E-state index in [4.69, 9.17) is 0 Å². The minimum absolute atomic E-state index is 0.0312. The molecule has 0 unspecified atom stereocenters. The average Bonchev–Trinajstić information content (AvgIpc) is 2.89. The fourth-order valence-corrected chi connectivity index (χ4v) is 1.42. The van der Waals surface area contributed by atoms with Crippen molar-refractivity contribution in [2.45, 2.75) is 6.42 Å². The highest BCUT2D eigenvalue weighted by Crippen LogP contribution is 2.17. The number of pyridine rings is 1. The Hall–Kier alpha value is -2.48. The van der Waals surface area contributed by atoms with Gasteiger partial charge in [0.1, 0.15) is 5.82 Å². The Balaban J connectivity index is 2.02. The van der Waals surface area contributed by atoms with E-state index in [1.807, 2.05) is 0 Å². The first-order valence-corrected chi connectivity index (χ1v) is 5.19. The molecule has 0 amide bonds.